The number of amides is 1. The molecule has 1 aliphatic rings. The standard InChI is InChI=1S/C18H28N2O2/c1-12-9-18(22-5)14(3)13(2)17(12)11-20-8-6-7-16(10-20)19-15(4)21/h9,16H,6-8,10-11H2,1-5H3,(H,19,21). The summed E-state index contributed by atoms with van der Waals surface area (Å²) in [4.78, 5) is 13.7. The van der Waals surface area contributed by atoms with Gasteiger partial charge in [0.05, 0.1) is 7.11 Å². The number of likely N-dealkylation sites (tertiary alicyclic amines) is 1. The van der Waals surface area contributed by atoms with Crippen LogP contribution in [0.1, 0.15) is 42.0 Å². The molecule has 1 fully saturated rings. The topological polar surface area (TPSA) is 41.6 Å². The van der Waals surface area contributed by atoms with Crippen molar-refractivity contribution in [1.82, 2.24) is 10.2 Å². The molecular weight excluding hydrogens is 276 g/mol. The lowest BCUT2D eigenvalue weighted by atomic mass is 9.96. The van der Waals surface area contributed by atoms with E-state index in [2.05, 4.69) is 37.1 Å². The molecule has 1 amide bonds. The first-order valence-electron chi connectivity index (χ1n) is 8.05. The Morgan fingerprint density at radius 3 is 2.73 bits per heavy atom. The van der Waals surface area contributed by atoms with Gasteiger partial charge < -0.3 is 10.1 Å². The van der Waals surface area contributed by atoms with Crippen LogP contribution in [-0.2, 0) is 11.3 Å². The predicted octanol–water partition coefficient (Wildman–Crippen LogP) is 2.72. The van der Waals surface area contributed by atoms with E-state index in [-0.39, 0.29) is 11.9 Å². The molecule has 0 spiro atoms. The number of piperidine rings is 1. The smallest absolute Gasteiger partial charge is 0.217 e. The van der Waals surface area contributed by atoms with Gasteiger partial charge in [0.15, 0.2) is 0 Å². The lowest BCUT2D eigenvalue weighted by Crippen LogP contribution is -2.46. The molecule has 1 atom stereocenters. The number of nitrogens with zero attached hydrogens (tertiary/aromatic N) is 1. The number of aryl methyl sites for hydroxylation is 1. The number of hydrogen-bond donors (Lipinski definition) is 1. The van der Waals surface area contributed by atoms with Crippen LogP contribution in [0.4, 0.5) is 0 Å². The number of benzene rings is 1. The number of carbonyl (C=O) groups excluding carboxylic acids is 1. The molecule has 22 heavy (non-hydrogen) atoms. The Bertz CT molecular complexity index is 555. The normalized spacial score (nSPS) is 19.0. The van der Waals surface area contributed by atoms with Crippen LogP contribution >= 0.6 is 0 Å². The van der Waals surface area contributed by atoms with Crippen LogP contribution < -0.4 is 10.1 Å². The first kappa shape index (κ1) is 16.8. The maximum atomic E-state index is 11.3. The summed E-state index contributed by atoms with van der Waals surface area (Å²) in [6.45, 7) is 11.0. The van der Waals surface area contributed by atoms with Crippen molar-refractivity contribution in [3.8, 4) is 5.75 Å². The highest BCUT2D eigenvalue weighted by Crippen LogP contribution is 2.29. The summed E-state index contributed by atoms with van der Waals surface area (Å²) in [5, 5.41) is 3.06. The van der Waals surface area contributed by atoms with Gasteiger partial charge in [0.2, 0.25) is 5.91 Å². The minimum atomic E-state index is 0.0690. The second kappa shape index (κ2) is 7.14. The molecule has 1 aromatic rings. The zero-order chi connectivity index (χ0) is 16.3. The minimum absolute atomic E-state index is 0.0690. The quantitative estimate of drug-likeness (QED) is 0.930. The Morgan fingerprint density at radius 2 is 2.09 bits per heavy atom. The number of ether oxygens (including phenoxy) is 1. The van der Waals surface area contributed by atoms with E-state index in [9.17, 15) is 4.79 Å². The number of methoxy groups -OCH3 is 1. The lowest BCUT2D eigenvalue weighted by Gasteiger charge is -2.34. The number of nitrogens with one attached hydrogen (secondary N) is 1. The van der Waals surface area contributed by atoms with Crippen molar-refractivity contribution in [2.45, 2.75) is 53.1 Å². The molecule has 0 saturated carbocycles. The monoisotopic (exact) mass is 304 g/mol. The Labute approximate surface area is 133 Å². The second-order valence-electron chi connectivity index (χ2n) is 6.40. The molecule has 122 valence electrons. The van der Waals surface area contributed by atoms with Crippen molar-refractivity contribution in [3.63, 3.8) is 0 Å². The fourth-order valence-corrected chi connectivity index (χ4v) is 3.38. The van der Waals surface area contributed by atoms with Crippen molar-refractivity contribution in [2.75, 3.05) is 20.2 Å². The van der Waals surface area contributed by atoms with Gasteiger partial charge in [-0.2, -0.15) is 0 Å². The zero-order valence-corrected chi connectivity index (χ0v) is 14.5. The summed E-state index contributed by atoms with van der Waals surface area (Å²) >= 11 is 0. The molecule has 1 aromatic carbocycles. The van der Waals surface area contributed by atoms with Crippen molar-refractivity contribution in [2.24, 2.45) is 0 Å². The Balaban J connectivity index is 2.13. The van der Waals surface area contributed by atoms with Crippen LogP contribution in [0.2, 0.25) is 0 Å². The maximum absolute atomic E-state index is 11.3. The van der Waals surface area contributed by atoms with Gasteiger partial charge in [-0.25, -0.2) is 0 Å². The average molecular weight is 304 g/mol. The van der Waals surface area contributed by atoms with E-state index < -0.39 is 0 Å². The third-order valence-corrected chi connectivity index (χ3v) is 4.72. The predicted molar refractivity (Wildman–Crippen MR) is 89.3 cm³/mol. The van der Waals surface area contributed by atoms with E-state index in [1.165, 1.54) is 22.3 Å². The molecule has 2 rings (SSSR count). The molecule has 1 heterocycles. The molecule has 1 N–H and O–H groups in total. The summed E-state index contributed by atoms with van der Waals surface area (Å²) < 4.78 is 5.45. The van der Waals surface area contributed by atoms with Gasteiger partial charge in [0.25, 0.3) is 0 Å². The van der Waals surface area contributed by atoms with E-state index in [0.29, 0.717) is 0 Å². The van der Waals surface area contributed by atoms with Crippen LogP contribution in [-0.4, -0.2) is 37.0 Å². The largest absolute Gasteiger partial charge is 0.496 e. The molecule has 0 bridgehead atoms. The van der Waals surface area contributed by atoms with Gasteiger partial charge in [-0.3, -0.25) is 9.69 Å². The van der Waals surface area contributed by atoms with E-state index >= 15 is 0 Å². The molecular formula is C18H28N2O2. The highest BCUT2D eigenvalue weighted by atomic mass is 16.5. The molecule has 4 nitrogen and oxygen atoms in total. The van der Waals surface area contributed by atoms with Crippen LogP contribution in [0, 0.1) is 20.8 Å². The first-order valence-corrected chi connectivity index (χ1v) is 8.05. The van der Waals surface area contributed by atoms with Crippen LogP contribution in [0.15, 0.2) is 6.07 Å². The fraction of sp³-hybridized carbons (Fsp3) is 0.611. The van der Waals surface area contributed by atoms with Crippen LogP contribution in [0.25, 0.3) is 0 Å². The van der Waals surface area contributed by atoms with Gasteiger partial charge in [-0.1, -0.05) is 0 Å². The molecule has 1 unspecified atom stereocenters. The Kier molecular flexibility index (Phi) is 5.46. The SMILES string of the molecule is COc1cc(C)c(CN2CCCC(NC(C)=O)C2)c(C)c1C. The minimum Gasteiger partial charge on any atom is -0.496 e. The third-order valence-electron chi connectivity index (χ3n) is 4.72. The van der Waals surface area contributed by atoms with Gasteiger partial charge in [-0.05, 0) is 68.5 Å². The summed E-state index contributed by atoms with van der Waals surface area (Å²) in [5.74, 6) is 1.04. The van der Waals surface area contributed by atoms with Gasteiger partial charge in [0.1, 0.15) is 5.75 Å². The molecule has 0 aromatic heterocycles. The van der Waals surface area contributed by atoms with Crippen LogP contribution in [0.3, 0.4) is 0 Å². The van der Waals surface area contributed by atoms with Crippen LogP contribution in [0.5, 0.6) is 5.75 Å². The van der Waals surface area contributed by atoms with E-state index in [1.54, 1.807) is 14.0 Å². The van der Waals surface area contributed by atoms with Crippen molar-refractivity contribution >= 4 is 5.91 Å². The lowest BCUT2D eigenvalue weighted by molar-refractivity contribution is -0.120. The highest BCUT2D eigenvalue weighted by Gasteiger charge is 2.22. The molecule has 0 radical (unpaired) electrons. The average Bonchev–Trinajstić information content (AvgIpc) is 2.47. The van der Waals surface area contributed by atoms with Crippen molar-refractivity contribution in [1.29, 1.82) is 0 Å². The number of rotatable bonds is 4. The summed E-state index contributed by atoms with van der Waals surface area (Å²) in [7, 11) is 1.73. The van der Waals surface area contributed by atoms with E-state index in [4.69, 9.17) is 4.74 Å². The summed E-state index contributed by atoms with van der Waals surface area (Å²) in [6.07, 6.45) is 2.22. The number of carbonyl (C=O) groups is 1. The van der Waals surface area contributed by atoms with E-state index in [0.717, 1.165) is 38.2 Å². The maximum Gasteiger partial charge on any atom is 0.217 e. The second-order valence-corrected chi connectivity index (χ2v) is 6.40. The zero-order valence-electron chi connectivity index (χ0n) is 14.5. The van der Waals surface area contributed by atoms with Gasteiger partial charge in [-0.15, -0.1) is 0 Å². The number of hydrogen-bond acceptors (Lipinski definition) is 3. The molecule has 4 heteroatoms. The third kappa shape index (κ3) is 3.80. The Morgan fingerprint density at radius 1 is 1.36 bits per heavy atom. The Hall–Kier alpha value is -1.55. The summed E-state index contributed by atoms with van der Waals surface area (Å²) in [6, 6.07) is 2.42. The molecule has 1 aliphatic heterocycles. The molecule has 1 saturated heterocycles. The first-order chi connectivity index (χ1) is 10.4. The summed E-state index contributed by atoms with van der Waals surface area (Å²) in [5.41, 5.74) is 5.21. The highest BCUT2D eigenvalue weighted by molar-refractivity contribution is 5.73. The van der Waals surface area contributed by atoms with Gasteiger partial charge >= 0.3 is 0 Å². The fourth-order valence-electron chi connectivity index (χ4n) is 3.38. The van der Waals surface area contributed by atoms with Gasteiger partial charge in [0, 0.05) is 26.1 Å². The van der Waals surface area contributed by atoms with E-state index in [1.807, 2.05) is 0 Å². The van der Waals surface area contributed by atoms with Crippen molar-refractivity contribution in [3.05, 3.63) is 28.3 Å². The van der Waals surface area contributed by atoms with Crippen molar-refractivity contribution < 1.29 is 9.53 Å². The molecule has 0 aliphatic carbocycles.